The van der Waals surface area contributed by atoms with Crippen molar-refractivity contribution in [2.24, 2.45) is 22.2 Å². The molecule has 0 amide bonds. The van der Waals surface area contributed by atoms with E-state index in [2.05, 4.69) is 6.58 Å². The number of carbonyl (C=O) groups is 4. The Hall–Kier alpha value is -2.54. The van der Waals surface area contributed by atoms with Crippen LogP contribution >= 0.6 is 0 Å². The van der Waals surface area contributed by atoms with Crippen LogP contribution < -0.4 is 0 Å². The number of fused-ring (bicyclic) bond motifs is 5. The van der Waals surface area contributed by atoms with Crippen molar-refractivity contribution in [3.63, 3.8) is 0 Å². The van der Waals surface area contributed by atoms with E-state index in [0.29, 0.717) is 0 Å². The third-order valence-corrected chi connectivity index (χ3v) is 8.97. The van der Waals surface area contributed by atoms with E-state index in [4.69, 9.17) is 9.47 Å². The predicted octanol–water partition coefficient (Wildman–Crippen LogP) is 3.01. The molecule has 7 nitrogen and oxygen atoms in total. The topological polar surface area (TPSA) is 107 Å². The van der Waals surface area contributed by atoms with Crippen molar-refractivity contribution >= 4 is 23.5 Å². The highest BCUT2D eigenvalue weighted by Crippen LogP contribution is 2.70. The van der Waals surface area contributed by atoms with E-state index in [0.717, 1.165) is 16.7 Å². The smallest absolute Gasteiger partial charge is 0.324 e. The monoisotopic (exact) mass is 456 g/mol. The zero-order valence-electron chi connectivity index (χ0n) is 20.4. The van der Waals surface area contributed by atoms with Gasteiger partial charge in [0.2, 0.25) is 0 Å². The molecule has 1 heterocycles. The molecule has 2 saturated carbocycles. The number of aliphatic hydroxyl groups is 1. The quantitative estimate of drug-likeness (QED) is 0.367. The Bertz CT molecular complexity index is 1090. The molecule has 0 aromatic rings. The molecular weight excluding hydrogens is 424 g/mol. The lowest BCUT2D eigenvalue weighted by Crippen LogP contribution is -2.74. The van der Waals surface area contributed by atoms with Gasteiger partial charge in [-0.25, -0.2) is 0 Å². The Labute approximate surface area is 193 Å². The maximum absolute atomic E-state index is 14.0. The normalized spacial score (nSPS) is 42.1. The fraction of sp³-hybridized carbons (Fsp3) is 0.615. The first-order valence-electron chi connectivity index (χ1n) is 11.3. The minimum Gasteiger partial charge on any atom is -0.468 e. The molecular formula is C26H32O7. The molecule has 5 atom stereocenters. The number of Topliss-reactive ketones (excluding diaryl/α,β-unsaturated/α-hetero) is 2. The van der Waals surface area contributed by atoms with Crippen LogP contribution in [0.4, 0.5) is 0 Å². The summed E-state index contributed by atoms with van der Waals surface area (Å²) in [6.07, 6.45) is 2.55. The van der Waals surface area contributed by atoms with Crippen LogP contribution in [-0.4, -0.2) is 46.9 Å². The van der Waals surface area contributed by atoms with Gasteiger partial charge in [0.25, 0.3) is 0 Å². The van der Waals surface area contributed by atoms with Crippen LogP contribution in [0, 0.1) is 22.2 Å². The Morgan fingerprint density at radius 1 is 1.15 bits per heavy atom. The van der Waals surface area contributed by atoms with Crippen LogP contribution in [0.3, 0.4) is 0 Å². The predicted molar refractivity (Wildman–Crippen MR) is 119 cm³/mol. The van der Waals surface area contributed by atoms with Crippen molar-refractivity contribution in [3.8, 4) is 0 Å². The van der Waals surface area contributed by atoms with Gasteiger partial charge in [-0.2, -0.15) is 0 Å². The van der Waals surface area contributed by atoms with Gasteiger partial charge in [0, 0.05) is 5.41 Å². The molecule has 0 radical (unpaired) electrons. The number of ketones is 2. The summed E-state index contributed by atoms with van der Waals surface area (Å²) in [5, 5.41) is 11.1. The van der Waals surface area contributed by atoms with E-state index >= 15 is 0 Å². The van der Waals surface area contributed by atoms with Gasteiger partial charge < -0.3 is 14.6 Å². The molecule has 3 fully saturated rings. The lowest BCUT2D eigenvalue weighted by Gasteiger charge is -2.63. The Kier molecular flexibility index (Phi) is 4.67. The fourth-order valence-electron chi connectivity index (χ4n) is 7.16. The van der Waals surface area contributed by atoms with Crippen molar-refractivity contribution in [1.82, 2.24) is 0 Å². The molecule has 0 spiro atoms. The molecule has 1 N–H and O–H groups in total. The molecule has 4 aliphatic rings. The third kappa shape index (κ3) is 2.49. The molecule has 7 heteroatoms. The van der Waals surface area contributed by atoms with E-state index < -0.39 is 50.9 Å². The number of rotatable bonds is 1. The van der Waals surface area contributed by atoms with E-state index in [9.17, 15) is 24.3 Å². The minimum atomic E-state index is -2.36. The highest BCUT2D eigenvalue weighted by atomic mass is 16.6. The standard InChI is InChI=1S/C26H32O7/c1-13-15-11-18(27)33-22(3,4)16(15)9-10-24(6)17(13)12-23(5)14(2)26(24,21(30)32-8)20(29)25(7,31)19(23)28/h9,17,31H,2,10-12H2,1,3-8H3/t17-,23-,24-,25-,26+/m0/s1. The average molecular weight is 457 g/mol. The van der Waals surface area contributed by atoms with Crippen molar-refractivity contribution < 1.29 is 33.8 Å². The molecule has 1 saturated heterocycles. The van der Waals surface area contributed by atoms with Crippen molar-refractivity contribution in [2.75, 3.05) is 7.11 Å². The van der Waals surface area contributed by atoms with Gasteiger partial charge in [0.05, 0.1) is 18.9 Å². The minimum absolute atomic E-state index is 0.0795. The maximum Gasteiger partial charge on any atom is 0.324 e. The SMILES string of the molecule is C=C1[C@]2(C)C[C@H]3C(C)=C4CC(=O)OC(C)(C)C4=CC[C@]3(C)[C@@]1(C(=O)OC)C(=O)[C@@](C)(O)C2=O. The summed E-state index contributed by atoms with van der Waals surface area (Å²) in [4.78, 5) is 53.5. The number of esters is 2. The third-order valence-electron chi connectivity index (χ3n) is 8.97. The zero-order chi connectivity index (χ0) is 24.9. The van der Waals surface area contributed by atoms with Gasteiger partial charge in [0.15, 0.2) is 22.6 Å². The van der Waals surface area contributed by atoms with Crippen molar-refractivity contribution in [3.05, 3.63) is 34.9 Å². The maximum atomic E-state index is 14.0. The van der Waals surface area contributed by atoms with Crippen molar-refractivity contribution in [1.29, 1.82) is 0 Å². The summed E-state index contributed by atoms with van der Waals surface area (Å²) in [6, 6.07) is 0. The summed E-state index contributed by atoms with van der Waals surface area (Å²) < 4.78 is 10.8. The Balaban J connectivity index is 2.10. The molecule has 2 bridgehead atoms. The summed E-state index contributed by atoms with van der Waals surface area (Å²) >= 11 is 0. The van der Waals surface area contributed by atoms with Gasteiger partial charge >= 0.3 is 11.9 Å². The van der Waals surface area contributed by atoms with E-state index in [1.54, 1.807) is 6.92 Å². The number of ether oxygens (including phenoxy) is 2. The lowest BCUT2D eigenvalue weighted by atomic mass is 9.36. The van der Waals surface area contributed by atoms with Crippen LogP contribution in [0.5, 0.6) is 0 Å². The Morgan fingerprint density at radius 3 is 2.33 bits per heavy atom. The summed E-state index contributed by atoms with van der Waals surface area (Å²) in [5.74, 6) is -3.14. The van der Waals surface area contributed by atoms with Gasteiger partial charge in [-0.15, -0.1) is 0 Å². The van der Waals surface area contributed by atoms with Crippen LogP contribution in [0.2, 0.25) is 0 Å². The number of methoxy groups -OCH3 is 1. The van der Waals surface area contributed by atoms with Crippen LogP contribution in [-0.2, 0) is 28.7 Å². The van der Waals surface area contributed by atoms with Crippen molar-refractivity contribution in [2.45, 2.75) is 72.0 Å². The van der Waals surface area contributed by atoms with E-state index in [-0.39, 0.29) is 30.8 Å². The molecule has 1 aliphatic heterocycles. The summed E-state index contributed by atoms with van der Waals surface area (Å²) in [5.41, 5.74) is -4.89. The number of cyclic esters (lactones) is 1. The molecule has 0 aromatic heterocycles. The number of hydrogen-bond donors (Lipinski definition) is 1. The first-order valence-corrected chi connectivity index (χ1v) is 11.3. The second kappa shape index (κ2) is 6.53. The largest absolute Gasteiger partial charge is 0.468 e. The number of hydrogen-bond acceptors (Lipinski definition) is 7. The van der Waals surface area contributed by atoms with Gasteiger partial charge in [-0.3, -0.25) is 19.2 Å². The van der Waals surface area contributed by atoms with E-state index in [1.165, 1.54) is 14.0 Å². The average Bonchev–Trinajstić information content (AvgIpc) is 2.82. The van der Waals surface area contributed by atoms with Gasteiger partial charge in [0.1, 0.15) is 5.60 Å². The summed E-state index contributed by atoms with van der Waals surface area (Å²) in [7, 11) is 1.20. The molecule has 4 rings (SSSR count). The molecule has 0 aromatic carbocycles. The molecule has 0 unspecified atom stereocenters. The van der Waals surface area contributed by atoms with Gasteiger partial charge in [-0.05, 0) is 70.1 Å². The lowest BCUT2D eigenvalue weighted by molar-refractivity contribution is -0.192. The second-order valence-electron chi connectivity index (χ2n) is 11.1. The first kappa shape index (κ1) is 23.6. The van der Waals surface area contributed by atoms with Crippen LogP contribution in [0.1, 0.15) is 60.8 Å². The molecule has 33 heavy (non-hydrogen) atoms. The highest BCUT2D eigenvalue weighted by Gasteiger charge is 2.78. The van der Waals surface area contributed by atoms with Crippen LogP contribution in [0.25, 0.3) is 0 Å². The molecule has 178 valence electrons. The number of allylic oxidation sites excluding steroid dienone is 2. The molecule has 3 aliphatic carbocycles. The number of carbonyl (C=O) groups excluding carboxylic acids is 4. The fourth-order valence-corrected chi connectivity index (χ4v) is 7.16. The van der Waals surface area contributed by atoms with E-state index in [1.807, 2.05) is 33.8 Å². The first-order chi connectivity index (χ1) is 15.0. The Morgan fingerprint density at radius 2 is 1.76 bits per heavy atom. The highest BCUT2D eigenvalue weighted by molar-refractivity contribution is 6.26. The summed E-state index contributed by atoms with van der Waals surface area (Å²) in [6.45, 7) is 14.3. The van der Waals surface area contributed by atoms with Gasteiger partial charge in [-0.1, -0.05) is 25.2 Å². The second-order valence-corrected chi connectivity index (χ2v) is 11.1. The van der Waals surface area contributed by atoms with Crippen LogP contribution in [0.15, 0.2) is 34.9 Å². The zero-order valence-corrected chi connectivity index (χ0v) is 20.4.